The minimum absolute atomic E-state index is 0.104. The van der Waals surface area contributed by atoms with E-state index < -0.39 is 0 Å². The van der Waals surface area contributed by atoms with Crippen LogP contribution in [0.2, 0.25) is 0 Å². The van der Waals surface area contributed by atoms with Crippen molar-refractivity contribution in [1.29, 1.82) is 0 Å². The number of imidazole rings is 1. The molecule has 8 nitrogen and oxygen atoms in total. The molecule has 4 rings (SSSR count). The molecule has 0 radical (unpaired) electrons. The molecular weight excluding hydrogens is 322 g/mol. The first-order valence-electron chi connectivity index (χ1n) is 8.60. The van der Waals surface area contributed by atoms with Gasteiger partial charge in [-0.15, -0.1) is 0 Å². The van der Waals surface area contributed by atoms with Crippen LogP contribution in [-0.4, -0.2) is 56.0 Å². The van der Waals surface area contributed by atoms with E-state index in [2.05, 4.69) is 14.7 Å². The predicted octanol–water partition coefficient (Wildman–Crippen LogP) is 1.07. The van der Waals surface area contributed by atoms with E-state index in [9.17, 15) is 9.59 Å². The summed E-state index contributed by atoms with van der Waals surface area (Å²) in [6.07, 6.45) is 6.71. The largest absolute Gasteiger partial charge is 0.361 e. The minimum atomic E-state index is -0.104. The van der Waals surface area contributed by atoms with Gasteiger partial charge in [-0.25, -0.2) is 4.98 Å². The van der Waals surface area contributed by atoms with E-state index in [1.54, 1.807) is 18.0 Å². The second kappa shape index (κ2) is 6.34. The molecule has 2 aliphatic rings. The van der Waals surface area contributed by atoms with Crippen molar-refractivity contribution in [3.8, 4) is 0 Å². The van der Waals surface area contributed by atoms with Crippen LogP contribution >= 0.6 is 0 Å². The Bertz CT molecular complexity index is 796. The van der Waals surface area contributed by atoms with Crippen LogP contribution in [0, 0.1) is 12.8 Å². The number of carbonyl (C=O) groups is 2. The molecule has 2 aromatic heterocycles. The van der Waals surface area contributed by atoms with Gasteiger partial charge in [-0.2, -0.15) is 0 Å². The Kier molecular flexibility index (Phi) is 4.03. The van der Waals surface area contributed by atoms with Gasteiger partial charge in [0.05, 0.1) is 12.7 Å². The molecule has 0 bridgehead atoms. The van der Waals surface area contributed by atoms with E-state index in [-0.39, 0.29) is 17.7 Å². The summed E-state index contributed by atoms with van der Waals surface area (Å²) >= 11 is 0. The molecule has 1 atom stereocenters. The maximum Gasteiger partial charge on any atom is 0.259 e. The summed E-state index contributed by atoms with van der Waals surface area (Å²) in [7, 11) is 0. The molecule has 1 unspecified atom stereocenters. The van der Waals surface area contributed by atoms with Crippen LogP contribution < -0.4 is 0 Å². The van der Waals surface area contributed by atoms with Crippen LogP contribution in [0.15, 0.2) is 23.1 Å². The van der Waals surface area contributed by atoms with Crippen molar-refractivity contribution >= 4 is 11.8 Å². The molecule has 0 aliphatic carbocycles. The van der Waals surface area contributed by atoms with Gasteiger partial charge >= 0.3 is 0 Å². The highest BCUT2D eigenvalue weighted by Gasteiger charge is 2.31. The molecule has 0 N–H and O–H groups in total. The number of aromatic nitrogens is 3. The molecule has 0 spiro atoms. The van der Waals surface area contributed by atoms with Crippen LogP contribution in [0.4, 0.5) is 0 Å². The fourth-order valence-electron chi connectivity index (χ4n) is 3.69. The van der Waals surface area contributed by atoms with Gasteiger partial charge in [0.15, 0.2) is 0 Å². The molecule has 25 heavy (non-hydrogen) atoms. The molecule has 4 heterocycles. The highest BCUT2D eigenvalue weighted by molar-refractivity contribution is 5.94. The third-order valence-electron chi connectivity index (χ3n) is 4.99. The average molecular weight is 343 g/mol. The summed E-state index contributed by atoms with van der Waals surface area (Å²) in [6.45, 7) is 5.00. The molecular formula is C17H21N5O3. The number of likely N-dealkylation sites (tertiary alicyclic amines) is 1. The third kappa shape index (κ3) is 3.04. The van der Waals surface area contributed by atoms with E-state index >= 15 is 0 Å². The Balaban J connectivity index is 1.58. The van der Waals surface area contributed by atoms with Gasteiger partial charge in [-0.3, -0.25) is 9.59 Å². The monoisotopic (exact) mass is 343 g/mol. The zero-order valence-corrected chi connectivity index (χ0v) is 14.2. The number of aryl methyl sites for hydroxylation is 1. The van der Waals surface area contributed by atoms with Gasteiger partial charge < -0.3 is 18.9 Å². The van der Waals surface area contributed by atoms with Gasteiger partial charge in [0.25, 0.3) is 5.91 Å². The van der Waals surface area contributed by atoms with Gasteiger partial charge in [0.1, 0.15) is 17.1 Å². The number of nitrogens with zero attached hydrogens (tertiary/aromatic N) is 5. The van der Waals surface area contributed by atoms with Crippen molar-refractivity contribution < 1.29 is 14.1 Å². The molecule has 2 aromatic rings. The van der Waals surface area contributed by atoms with Crippen LogP contribution in [0.1, 0.15) is 34.8 Å². The normalized spacial score (nSPS) is 20.7. The van der Waals surface area contributed by atoms with E-state index in [0.717, 1.165) is 25.3 Å². The van der Waals surface area contributed by atoms with Crippen molar-refractivity contribution in [3.63, 3.8) is 0 Å². The maximum absolute atomic E-state index is 12.9. The quantitative estimate of drug-likeness (QED) is 0.832. The topological polar surface area (TPSA) is 84.5 Å². The number of hydrogen-bond donors (Lipinski definition) is 0. The maximum atomic E-state index is 12.9. The van der Waals surface area contributed by atoms with Gasteiger partial charge in [0, 0.05) is 50.9 Å². The Morgan fingerprint density at radius 3 is 3.00 bits per heavy atom. The summed E-state index contributed by atoms with van der Waals surface area (Å²) in [6, 6.07) is 0. The standard InChI is InChI=1S/C17H21N5O3/c1-12-14(7-19-25-12)17(24)22-10-13(9-21-5-2-3-16(21)23)8-20-6-4-18-15(20)11-22/h4,6-7,13H,2-3,5,8-11H2,1H3. The van der Waals surface area contributed by atoms with Crippen molar-refractivity contribution in [2.75, 3.05) is 19.6 Å². The van der Waals surface area contributed by atoms with Crippen molar-refractivity contribution in [2.45, 2.75) is 32.9 Å². The van der Waals surface area contributed by atoms with Crippen LogP contribution in [0.5, 0.6) is 0 Å². The highest BCUT2D eigenvalue weighted by Crippen LogP contribution is 2.21. The van der Waals surface area contributed by atoms with Crippen molar-refractivity contribution in [2.24, 2.45) is 5.92 Å². The molecule has 0 aromatic carbocycles. The third-order valence-corrected chi connectivity index (χ3v) is 4.99. The minimum Gasteiger partial charge on any atom is -0.361 e. The number of rotatable bonds is 3. The van der Waals surface area contributed by atoms with Crippen LogP contribution in [0.25, 0.3) is 0 Å². The fourth-order valence-corrected chi connectivity index (χ4v) is 3.69. The molecule has 132 valence electrons. The van der Waals surface area contributed by atoms with Gasteiger partial charge in [0.2, 0.25) is 5.91 Å². The summed E-state index contributed by atoms with van der Waals surface area (Å²) in [5.74, 6) is 1.65. The first kappa shape index (κ1) is 15.9. The number of carbonyl (C=O) groups excluding carboxylic acids is 2. The van der Waals surface area contributed by atoms with E-state index in [0.29, 0.717) is 37.4 Å². The summed E-state index contributed by atoms with van der Waals surface area (Å²) < 4.78 is 7.12. The summed E-state index contributed by atoms with van der Waals surface area (Å²) in [5.41, 5.74) is 0.482. The smallest absolute Gasteiger partial charge is 0.259 e. The first-order chi connectivity index (χ1) is 12.1. The second-order valence-corrected chi connectivity index (χ2v) is 6.79. The molecule has 2 amide bonds. The molecule has 2 aliphatic heterocycles. The molecule has 8 heteroatoms. The Labute approximate surface area is 145 Å². The first-order valence-corrected chi connectivity index (χ1v) is 8.60. The van der Waals surface area contributed by atoms with Gasteiger partial charge in [-0.05, 0) is 13.3 Å². The molecule has 0 saturated carbocycles. The molecule has 1 saturated heterocycles. The predicted molar refractivity (Wildman–Crippen MR) is 87.5 cm³/mol. The Hall–Kier alpha value is -2.64. The SMILES string of the molecule is Cc1oncc1C(=O)N1Cc2nccn2CC(CN2CCCC2=O)C1. The number of amides is 2. The summed E-state index contributed by atoms with van der Waals surface area (Å²) in [4.78, 5) is 33.0. The molecule has 1 fully saturated rings. The van der Waals surface area contributed by atoms with Gasteiger partial charge in [-0.1, -0.05) is 5.16 Å². The number of hydrogen-bond acceptors (Lipinski definition) is 5. The summed E-state index contributed by atoms with van der Waals surface area (Å²) in [5, 5.41) is 3.71. The Morgan fingerprint density at radius 1 is 1.40 bits per heavy atom. The van der Waals surface area contributed by atoms with Crippen LogP contribution in [-0.2, 0) is 17.9 Å². The fraction of sp³-hybridized carbons (Fsp3) is 0.529. The lowest BCUT2D eigenvalue weighted by molar-refractivity contribution is -0.128. The van der Waals surface area contributed by atoms with E-state index in [1.807, 2.05) is 11.1 Å². The zero-order chi connectivity index (χ0) is 17.4. The van der Waals surface area contributed by atoms with Crippen LogP contribution in [0.3, 0.4) is 0 Å². The van der Waals surface area contributed by atoms with Crippen molar-refractivity contribution in [1.82, 2.24) is 24.5 Å². The highest BCUT2D eigenvalue weighted by atomic mass is 16.5. The lowest BCUT2D eigenvalue weighted by atomic mass is 10.1. The van der Waals surface area contributed by atoms with Crippen molar-refractivity contribution in [3.05, 3.63) is 35.7 Å². The zero-order valence-electron chi connectivity index (χ0n) is 14.2. The lowest BCUT2D eigenvalue weighted by Gasteiger charge is -2.27. The lowest BCUT2D eigenvalue weighted by Crippen LogP contribution is -2.39. The second-order valence-electron chi connectivity index (χ2n) is 6.79. The van der Waals surface area contributed by atoms with E-state index in [4.69, 9.17) is 4.52 Å². The average Bonchev–Trinajstić information content (AvgIpc) is 3.28. The number of fused-ring (bicyclic) bond motifs is 1. The Morgan fingerprint density at radius 2 is 2.28 bits per heavy atom. The van der Waals surface area contributed by atoms with E-state index in [1.165, 1.54) is 6.20 Å².